The van der Waals surface area contributed by atoms with Gasteiger partial charge in [-0.3, -0.25) is 4.98 Å². The highest BCUT2D eigenvalue weighted by molar-refractivity contribution is 9.10. The van der Waals surface area contributed by atoms with E-state index in [1.807, 2.05) is 18.3 Å². The van der Waals surface area contributed by atoms with Gasteiger partial charge in [0.05, 0.1) is 5.69 Å². The molecule has 4 heteroatoms. The molecule has 0 radical (unpaired) electrons. The molecule has 2 N–H and O–H groups in total. The highest BCUT2D eigenvalue weighted by Crippen LogP contribution is 2.35. The fourth-order valence-electron chi connectivity index (χ4n) is 1.62. The molecule has 1 heterocycles. The van der Waals surface area contributed by atoms with E-state index in [1.165, 1.54) is 19.3 Å². The van der Waals surface area contributed by atoms with Crippen molar-refractivity contribution in [2.24, 2.45) is 11.7 Å². The first-order valence-electron chi connectivity index (χ1n) is 4.64. The van der Waals surface area contributed by atoms with E-state index in [-0.39, 0.29) is 18.4 Å². The molecule has 0 bridgehead atoms. The number of nitrogens with zero attached hydrogens (tertiary/aromatic N) is 1. The zero-order valence-corrected chi connectivity index (χ0v) is 10.2. The molecule has 1 aromatic heterocycles. The Morgan fingerprint density at radius 1 is 1.43 bits per heavy atom. The molecule has 0 spiro atoms. The maximum absolute atomic E-state index is 6.07. The van der Waals surface area contributed by atoms with E-state index in [0.717, 1.165) is 10.2 Å². The van der Waals surface area contributed by atoms with Crippen molar-refractivity contribution in [1.29, 1.82) is 0 Å². The van der Waals surface area contributed by atoms with Crippen LogP contribution in [0.3, 0.4) is 0 Å². The van der Waals surface area contributed by atoms with Gasteiger partial charge in [0, 0.05) is 16.7 Å². The van der Waals surface area contributed by atoms with Crippen LogP contribution in [0.4, 0.5) is 0 Å². The molecule has 14 heavy (non-hydrogen) atoms. The topological polar surface area (TPSA) is 38.9 Å². The number of halogens is 2. The molecule has 1 aromatic rings. The van der Waals surface area contributed by atoms with Gasteiger partial charge in [0.25, 0.3) is 0 Å². The van der Waals surface area contributed by atoms with Crippen molar-refractivity contribution >= 4 is 28.3 Å². The van der Waals surface area contributed by atoms with Crippen molar-refractivity contribution in [3.63, 3.8) is 0 Å². The van der Waals surface area contributed by atoms with Gasteiger partial charge in [-0.1, -0.05) is 6.42 Å². The minimum Gasteiger partial charge on any atom is -0.322 e. The highest BCUT2D eigenvalue weighted by atomic mass is 79.9. The second-order valence-electron chi connectivity index (χ2n) is 3.62. The number of rotatable bonds is 2. The van der Waals surface area contributed by atoms with Crippen LogP contribution in [0.5, 0.6) is 0 Å². The summed E-state index contributed by atoms with van der Waals surface area (Å²) in [4.78, 5) is 4.31. The Morgan fingerprint density at radius 3 is 2.57 bits per heavy atom. The van der Waals surface area contributed by atoms with Crippen molar-refractivity contribution < 1.29 is 0 Å². The van der Waals surface area contributed by atoms with Crippen LogP contribution in [0.25, 0.3) is 0 Å². The van der Waals surface area contributed by atoms with Crippen LogP contribution in [-0.2, 0) is 0 Å². The predicted octanol–water partition coefficient (Wildman–Crippen LogP) is 3.07. The standard InChI is InChI=1S/C10H13BrN2.ClH/c11-8-4-5-9(13-6-8)10(12)7-2-1-3-7;/h4-7,10H,1-3,12H2;1H/t10-;/m0./s1. The minimum absolute atomic E-state index is 0. The molecule has 2 nitrogen and oxygen atoms in total. The monoisotopic (exact) mass is 276 g/mol. The second-order valence-corrected chi connectivity index (χ2v) is 4.53. The van der Waals surface area contributed by atoms with Crippen molar-refractivity contribution in [2.75, 3.05) is 0 Å². The SMILES string of the molecule is Cl.N[C@H](c1ccc(Br)cn1)C1CCC1. The number of nitrogens with two attached hydrogens (primary N) is 1. The lowest BCUT2D eigenvalue weighted by molar-refractivity contribution is 0.261. The van der Waals surface area contributed by atoms with Gasteiger partial charge < -0.3 is 5.73 Å². The molecule has 0 aliphatic heterocycles. The van der Waals surface area contributed by atoms with E-state index >= 15 is 0 Å². The Bertz CT molecular complexity index is 285. The van der Waals surface area contributed by atoms with Crippen molar-refractivity contribution in [1.82, 2.24) is 4.98 Å². The fraction of sp³-hybridized carbons (Fsp3) is 0.500. The molecule has 0 saturated heterocycles. The fourth-order valence-corrected chi connectivity index (χ4v) is 1.86. The van der Waals surface area contributed by atoms with Crippen LogP contribution in [0.2, 0.25) is 0 Å². The van der Waals surface area contributed by atoms with Gasteiger partial charge in [0.15, 0.2) is 0 Å². The smallest absolute Gasteiger partial charge is 0.0574 e. The third-order valence-electron chi connectivity index (χ3n) is 2.75. The third-order valence-corrected chi connectivity index (χ3v) is 3.22. The molecular weight excluding hydrogens is 263 g/mol. The molecule has 1 aliphatic carbocycles. The van der Waals surface area contributed by atoms with E-state index in [0.29, 0.717) is 5.92 Å². The normalized spacial score (nSPS) is 18.1. The molecular formula is C10H14BrClN2. The number of aromatic nitrogens is 1. The predicted molar refractivity (Wildman–Crippen MR) is 63.5 cm³/mol. The summed E-state index contributed by atoms with van der Waals surface area (Å²) in [5.41, 5.74) is 7.09. The molecule has 1 aliphatic rings. The van der Waals surface area contributed by atoms with Gasteiger partial charge in [-0.25, -0.2) is 0 Å². The Labute approximate surface area is 98.8 Å². The number of pyridine rings is 1. The first kappa shape index (κ1) is 12.0. The van der Waals surface area contributed by atoms with E-state index in [9.17, 15) is 0 Å². The Kier molecular flexibility index (Phi) is 4.35. The van der Waals surface area contributed by atoms with Gasteiger partial charge in [-0.05, 0) is 46.8 Å². The summed E-state index contributed by atoms with van der Waals surface area (Å²) >= 11 is 3.36. The third kappa shape index (κ3) is 2.47. The maximum Gasteiger partial charge on any atom is 0.0574 e. The molecule has 2 rings (SSSR count). The Hall–Kier alpha value is -0.120. The van der Waals surface area contributed by atoms with Crippen LogP contribution in [0.1, 0.15) is 31.0 Å². The Balaban J connectivity index is 0.000000980. The lowest BCUT2D eigenvalue weighted by Crippen LogP contribution is -2.27. The van der Waals surface area contributed by atoms with Gasteiger partial charge in [-0.2, -0.15) is 0 Å². The van der Waals surface area contributed by atoms with Gasteiger partial charge >= 0.3 is 0 Å². The first-order chi connectivity index (χ1) is 6.27. The van der Waals surface area contributed by atoms with Crippen LogP contribution < -0.4 is 5.73 Å². The summed E-state index contributed by atoms with van der Waals surface area (Å²) in [6.07, 6.45) is 5.67. The van der Waals surface area contributed by atoms with Crippen LogP contribution in [0.15, 0.2) is 22.8 Å². The minimum atomic E-state index is 0. The number of hydrogen-bond donors (Lipinski definition) is 1. The first-order valence-corrected chi connectivity index (χ1v) is 5.43. The molecule has 0 aromatic carbocycles. The van der Waals surface area contributed by atoms with Gasteiger partial charge in [0.1, 0.15) is 0 Å². The highest BCUT2D eigenvalue weighted by Gasteiger charge is 2.26. The zero-order valence-electron chi connectivity index (χ0n) is 7.82. The lowest BCUT2D eigenvalue weighted by atomic mass is 9.79. The zero-order chi connectivity index (χ0) is 9.26. The summed E-state index contributed by atoms with van der Waals surface area (Å²) < 4.78 is 1.01. The average Bonchev–Trinajstić information content (AvgIpc) is 2.02. The van der Waals surface area contributed by atoms with E-state index in [1.54, 1.807) is 0 Å². The molecule has 1 saturated carbocycles. The summed E-state index contributed by atoms with van der Waals surface area (Å²) in [5.74, 6) is 0.661. The molecule has 0 unspecified atom stereocenters. The molecule has 1 fully saturated rings. The molecule has 1 atom stereocenters. The maximum atomic E-state index is 6.07. The van der Waals surface area contributed by atoms with Crippen LogP contribution >= 0.6 is 28.3 Å². The summed E-state index contributed by atoms with van der Waals surface area (Å²) in [7, 11) is 0. The van der Waals surface area contributed by atoms with E-state index < -0.39 is 0 Å². The van der Waals surface area contributed by atoms with Crippen molar-refractivity contribution in [3.8, 4) is 0 Å². The van der Waals surface area contributed by atoms with Crippen LogP contribution in [-0.4, -0.2) is 4.98 Å². The largest absolute Gasteiger partial charge is 0.322 e. The number of hydrogen-bond acceptors (Lipinski definition) is 2. The molecule has 78 valence electrons. The van der Waals surface area contributed by atoms with E-state index in [4.69, 9.17) is 5.73 Å². The van der Waals surface area contributed by atoms with Crippen molar-refractivity contribution in [2.45, 2.75) is 25.3 Å². The lowest BCUT2D eigenvalue weighted by Gasteiger charge is -2.30. The Morgan fingerprint density at radius 2 is 2.14 bits per heavy atom. The summed E-state index contributed by atoms with van der Waals surface area (Å²) in [6, 6.07) is 4.15. The van der Waals surface area contributed by atoms with Gasteiger partial charge in [-0.15, -0.1) is 12.4 Å². The molecule has 0 amide bonds. The van der Waals surface area contributed by atoms with Gasteiger partial charge in [0.2, 0.25) is 0 Å². The van der Waals surface area contributed by atoms with E-state index in [2.05, 4.69) is 20.9 Å². The quantitative estimate of drug-likeness (QED) is 0.902. The van der Waals surface area contributed by atoms with Crippen molar-refractivity contribution in [3.05, 3.63) is 28.5 Å². The average molecular weight is 278 g/mol. The van der Waals surface area contributed by atoms with Crippen LogP contribution in [0, 0.1) is 5.92 Å². The summed E-state index contributed by atoms with van der Waals surface area (Å²) in [6.45, 7) is 0. The summed E-state index contributed by atoms with van der Waals surface area (Å²) in [5, 5.41) is 0. The second kappa shape index (κ2) is 5.10.